The fourth-order valence-corrected chi connectivity index (χ4v) is 2.70. The van der Waals surface area contributed by atoms with Crippen LogP contribution in [-0.2, 0) is 17.1 Å². The molecule has 0 saturated carbocycles. The van der Waals surface area contributed by atoms with Crippen molar-refractivity contribution < 1.29 is 54.2 Å². The van der Waals surface area contributed by atoms with Gasteiger partial charge >= 0.3 is 24.5 Å². The molecule has 1 atom stereocenters. The molecular weight excluding hydrogens is 473 g/mol. The average Bonchev–Trinajstić information content (AvgIpc) is 2.68. The SMILES string of the molecule is O=C(/C=C/c1ccc(C(=O)O)c(C(F)(F)F)c1)NC(c1cccc(C(F)(F)F)c1)C(F)(F)F. The number of carbonyl (C=O) groups is 2. The highest BCUT2D eigenvalue weighted by Gasteiger charge is 2.43. The first-order valence-corrected chi connectivity index (χ1v) is 8.67. The third-order valence-corrected chi connectivity index (χ3v) is 4.17. The Balaban J connectivity index is 2.31. The molecular formula is C20H12F9NO3. The minimum absolute atomic E-state index is 0.211. The molecule has 0 aliphatic carbocycles. The maximum Gasteiger partial charge on any atom is 0.417 e. The van der Waals surface area contributed by atoms with Crippen LogP contribution in [0.1, 0.15) is 38.7 Å². The van der Waals surface area contributed by atoms with E-state index in [2.05, 4.69) is 0 Å². The van der Waals surface area contributed by atoms with Gasteiger partial charge < -0.3 is 10.4 Å². The van der Waals surface area contributed by atoms with Gasteiger partial charge in [-0.2, -0.15) is 39.5 Å². The van der Waals surface area contributed by atoms with Gasteiger partial charge in [-0.1, -0.05) is 18.2 Å². The number of nitrogens with one attached hydrogen (secondary N) is 1. The lowest BCUT2D eigenvalue weighted by Gasteiger charge is -2.22. The van der Waals surface area contributed by atoms with Crippen molar-refractivity contribution >= 4 is 18.0 Å². The van der Waals surface area contributed by atoms with E-state index < -0.39 is 58.7 Å². The Hall–Kier alpha value is -3.51. The molecule has 0 spiro atoms. The van der Waals surface area contributed by atoms with E-state index in [4.69, 9.17) is 5.11 Å². The van der Waals surface area contributed by atoms with Crippen LogP contribution in [0.4, 0.5) is 39.5 Å². The Morgan fingerprint density at radius 2 is 1.52 bits per heavy atom. The normalized spacial score (nSPS) is 13.7. The zero-order chi connectivity index (χ0) is 25.2. The molecule has 2 rings (SSSR count). The van der Waals surface area contributed by atoms with Crippen LogP contribution in [0.3, 0.4) is 0 Å². The van der Waals surface area contributed by atoms with Crippen molar-refractivity contribution in [3.63, 3.8) is 0 Å². The van der Waals surface area contributed by atoms with Crippen LogP contribution in [0.15, 0.2) is 48.5 Å². The molecule has 0 aliphatic rings. The minimum Gasteiger partial charge on any atom is -0.478 e. The minimum atomic E-state index is -5.19. The molecule has 0 heterocycles. The summed E-state index contributed by atoms with van der Waals surface area (Å²) in [7, 11) is 0. The van der Waals surface area contributed by atoms with Crippen LogP contribution in [0.25, 0.3) is 6.08 Å². The van der Waals surface area contributed by atoms with E-state index >= 15 is 0 Å². The molecule has 1 amide bonds. The topological polar surface area (TPSA) is 66.4 Å². The van der Waals surface area contributed by atoms with Gasteiger partial charge in [-0.15, -0.1) is 0 Å². The van der Waals surface area contributed by atoms with E-state index in [1.54, 1.807) is 0 Å². The molecule has 0 radical (unpaired) electrons. The monoisotopic (exact) mass is 485 g/mol. The number of carboxylic acids is 1. The fourth-order valence-electron chi connectivity index (χ4n) is 2.70. The maximum absolute atomic E-state index is 13.4. The van der Waals surface area contributed by atoms with Crippen molar-refractivity contribution in [2.45, 2.75) is 24.6 Å². The quantitative estimate of drug-likeness (QED) is 0.412. The number of carbonyl (C=O) groups excluding carboxylic acids is 1. The van der Waals surface area contributed by atoms with Gasteiger partial charge in [0.25, 0.3) is 0 Å². The Morgan fingerprint density at radius 3 is 2.03 bits per heavy atom. The second-order valence-corrected chi connectivity index (χ2v) is 6.55. The molecule has 13 heteroatoms. The molecule has 0 aromatic heterocycles. The fraction of sp³-hybridized carbons (Fsp3) is 0.200. The smallest absolute Gasteiger partial charge is 0.417 e. The zero-order valence-corrected chi connectivity index (χ0v) is 15.9. The summed E-state index contributed by atoms with van der Waals surface area (Å²) in [4.78, 5) is 22.9. The number of rotatable bonds is 5. The van der Waals surface area contributed by atoms with Crippen LogP contribution >= 0.6 is 0 Å². The largest absolute Gasteiger partial charge is 0.478 e. The van der Waals surface area contributed by atoms with Crippen molar-refractivity contribution in [3.8, 4) is 0 Å². The number of benzene rings is 2. The lowest BCUT2D eigenvalue weighted by molar-refractivity contribution is -0.162. The molecule has 0 aliphatic heterocycles. The summed E-state index contributed by atoms with van der Waals surface area (Å²) in [6, 6.07) is 1.22. The number of alkyl halides is 9. The molecule has 4 nitrogen and oxygen atoms in total. The van der Waals surface area contributed by atoms with Crippen molar-refractivity contribution in [3.05, 3.63) is 76.4 Å². The van der Waals surface area contributed by atoms with Gasteiger partial charge in [0.15, 0.2) is 6.04 Å². The van der Waals surface area contributed by atoms with Crippen molar-refractivity contribution in [2.24, 2.45) is 0 Å². The van der Waals surface area contributed by atoms with E-state index in [1.165, 1.54) is 5.32 Å². The van der Waals surface area contributed by atoms with E-state index in [0.717, 1.165) is 18.2 Å². The lowest BCUT2D eigenvalue weighted by Crippen LogP contribution is -2.37. The number of carboxylic acid groups (broad SMARTS) is 1. The van der Waals surface area contributed by atoms with Crippen molar-refractivity contribution in [1.82, 2.24) is 5.32 Å². The van der Waals surface area contributed by atoms with Gasteiger partial charge in [0, 0.05) is 6.08 Å². The first-order valence-electron chi connectivity index (χ1n) is 8.67. The third kappa shape index (κ3) is 6.73. The number of amides is 1. The van der Waals surface area contributed by atoms with Crippen LogP contribution in [0, 0.1) is 0 Å². The van der Waals surface area contributed by atoms with Crippen LogP contribution in [0.5, 0.6) is 0 Å². The molecule has 178 valence electrons. The highest BCUT2D eigenvalue weighted by atomic mass is 19.4. The lowest BCUT2D eigenvalue weighted by atomic mass is 10.0. The number of aromatic carboxylic acids is 1. The summed E-state index contributed by atoms with van der Waals surface area (Å²) in [5.41, 5.74) is -5.27. The predicted molar refractivity (Wildman–Crippen MR) is 95.8 cm³/mol. The predicted octanol–water partition coefficient (Wildman–Crippen LogP) is 5.86. The van der Waals surface area contributed by atoms with Crippen LogP contribution < -0.4 is 5.32 Å². The Labute approximate surface area is 179 Å². The highest BCUT2D eigenvalue weighted by Crippen LogP contribution is 2.36. The molecule has 1 unspecified atom stereocenters. The standard InChI is InChI=1S/C20H12F9NO3/c21-18(22,23)12-3-1-2-11(9-12)16(20(27,28)29)30-15(31)7-5-10-4-6-13(17(32)33)14(8-10)19(24,25)26/h1-9,16H,(H,30,31)(H,32,33)/b7-5+. The van der Waals surface area contributed by atoms with E-state index in [1.807, 2.05) is 0 Å². The average molecular weight is 485 g/mol. The zero-order valence-electron chi connectivity index (χ0n) is 15.9. The first kappa shape index (κ1) is 25.7. The molecule has 33 heavy (non-hydrogen) atoms. The van der Waals surface area contributed by atoms with Gasteiger partial charge in [-0.3, -0.25) is 4.79 Å². The molecule has 2 aromatic carbocycles. The van der Waals surface area contributed by atoms with Gasteiger partial charge in [-0.25, -0.2) is 4.79 Å². The van der Waals surface area contributed by atoms with Gasteiger partial charge in [0.05, 0.1) is 16.7 Å². The summed E-state index contributed by atoms with van der Waals surface area (Å²) in [5, 5.41) is 10.3. The highest BCUT2D eigenvalue weighted by molar-refractivity contribution is 5.93. The molecule has 2 N–H and O–H groups in total. The van der Waals surface area contributed by atoms with Gasteiger partial charge in [0.1, 0.15) is 0 Å². The molecule has 2 aromatic rings. The Kier molecular flexibility index (Phi) is 7.14. The van der Waals surface area contributed by atoms with Crippen LogP contribution in [0.2, 0.25) is 0 Å². The first-order chi connectivity index (χ1) is 15.0. The van der Waals surface area contributed by atoms with E-state index in [-0.39, 0.29) is 11.6 Å². The Morgan fingerprint density at radius 1 is 0.879 bits per heavy atom. The summed E-state index contributed by atoms with van der Waals surface area (Å²) in [6.45, 7) is 0. The Bertz CT molecular complexity index is 1070. The van der Waals surface area contributed by atoms with Gasteiger partial charge in [-0.05, 0) is 41.5 Å². The van der Waals surface area contributed by atoms with Crippen molar-refractivity contribution in [1.29, 1.82) is 0 Å². The summed E-state index contributed by atoms with van der Waals surface area (Å²) in [5.74, 6) is -3.34. The van der Waals surface area contributed by atoms with Crippen LogP contribution in [-0.4, -0.2) is 23.2 Å². The summed E-state index contributed by atoms with van der Waals surface area (Å²) in [6.07, 6.45) is -14.1. The van der Waals surface area contributed by atoms with Gasteiger partial charge in [0.2, 0.25) is 5.91 Å². The second kappa shape index (κ2) is 9.16. The maximum atomic E-state index is 13.4. The van der Waals surface area contributed by atoms with E-state index in [9.17, 15) is 49.1 Å². The number of hydrogen-bond donors (Lipinski definition) is 2. The number of hydrogen-bond acceptors (Lipinski definition) is 2. The third-order valence-electron chi connectivity index (χ3n) is 4.17. The van der Waals surface area contributed by atoms with E-state index in [0.29, 0.717) is 30.4 Å². The molecule has 0 saturated heterocycles. The summed E-state index contributed by atoms with van der Waals surface area (Å²) >= 11 is 0. The number of halogens is 9. The second-order valence-electron chi connectivity index (χ2n) is 6.55. The molecule has 0 fully saturated rings. The summed E-state index contributed by atoms with van der Waals surface area (Å²) < 4.78 is 118. The molecule has 0 bridgehead atoms. The van der Waals surface area contributed by atoms with Crippen molar-refractivity contribution in [2.75, 3.05) is 0 Å².